The van der Waals surface area contributed by atoms with E-state index >= 15 is 0 Å². The van der Waals surface area contributed by atoms with E-state index in [4.69, 9.17) is 16.9 Å². The smallest absolute Gasteiger partial charge is 0.357 e. The summed E-state index contributed by atoms with van der Waals surface area (Å²) in [4.78, 5) is 13.9. The molecule has 35 heavy (non-hydrogen) atoms. The van der Waals surface area contributed by atoms with Crippen LogP contribution in [-0.2, 0) is 16.0 Å². The van der Waals surface area contributed by atoms with E-state index in [-0.39, 0.29) is 34.4 Å². The van der Waals surface area contributed by atoms with Gasteiger partial charge in [0.05, 0.1) is 33.7 Å². The van der Waals surface area contributed by atoms with Gasteiger partial charge in [0.1, 0.15) is 10.4 Å². The topological polar surface area (TPSA) is 120 Å². The molecule has 4 atom stereocenters. The van der Waals surface area contributed by atoms with Crippen molar-refractivity contribution in [2.24, 2.45) is 0 Å². The average Bonchev–Trinajstić information content (AvgIpc) is 3.50. The molecule has 2 bridgehead atoms. The highest BCUT2D eigenvalue weighted by atomic mass is 35.5. The number of piperazine rings is 1. The zero-order valence-corrected chi connectivity index (χ0v) is 19.3. The monoisotopic (exact) mass is 527 g/mol. The molecule has 2 aromatic rings. The number of hydrogen-bond acceptors (Lipinski definition) is 8. The van der Waals surface area contributed by atoms with Gasteiger partial charge < -0.3 is 4.90 Å². The molecule has 9 nitrogen and oxygen atoms in total. The molecular formula is C21H17ClF3N5O4S. The van der Waals surface area contributed by atoms with Crippen LogP contribution in [0.3, 0.4) is 0 Å². The first kappa shape index (κ1) is 23.8. The van der Waals surface area contributed by atoms with Crippen LogP contribution in [0, 0.1) is 21.4 Å². The molecule has 2 aromatic carbocycles. The normalized spacial score (nSPS) is 26.1. The molecule has 0 saturated carbocycles. The van der Waals surface area contributed by atoms with Gasteiger partial charge in [0.25, 0.3) is 5.69 Å². The van der Waals surface area contributed by atoms with Gasteiger partial charge in [0, 0.05) is 36.4 Å². The van der Waals surface area contributed by atoms with Crippen LogP contribution >= 0.6 is 11.6 Å². The van der Waals surface area contributed by atoms with E-state index in [9.17, 15) is 31.7 Å². The lowest BCUT2D eigenvalue weighted by Gasteiger charge is -2.34. The predicted octanol–water partition coefficient (Wildman–Crippen LogP) is 3.13. The van der Waals surface area contributed by atoms with Crippen LogP contribution < -0.4 is 10.2 Å². The van der Waals surface area contributed by atoms with Gasteiger partial charge >= 0.3 is 6.18 Å². The quantitative estimate of drug-likeness (QED) is 0.476. The summed E-state index contributed by atoms with van der Waals surface area (Å²) >= 11 is 5.82. The number of sulfone groups is 1. The lowest BCUT2D eigenvalue weighted by Crippen LogP contribution is -2.57. The molecular weight excluding hydrogens is 511 g/mol. The number of halogens is 4. The molecule has 0 spiro atoms. The minimum Gasteiger partial charge on any atom is -0.357 e. The van der Waals surface area contributed by atoms with Gasteiger partial charge in [0.2, 0.25) is 0 Å². The Kier molecular flexibility index (Phi) is 5.48. The number of nitrogens with zero attached hydrogens (tertiary/aromatic N) is 4. The zero-order valence-electron chi connectivity index (χ0n) is 17.7. The van der Waals surface area contributed by atoms with Crippen molar-refractivity contribution >= 4 is 32.8 Å². The van der Waals surface area contributed by atoms with Crippen molar-refractivity contribution in [3.63, 3.8) is 0 Å². The number of benzene rings is 2. The fourth-order valence-corrected chi connectivity index (χ4v) is 7.30. The summed E-state index contributed by atoms with van der Waals surface area (Å²) in [5.74, 6) is 0. The van der Waals surface area contributed by atoms with Crippen molar-refractivity contribution < 1.29 is 26.5 Å². The number of nitro groups is 1. The third-order valence-electron chi connectivity index (χ3n) is 6.85. The Morgan fingerprint density at radius 2 is 1.94 bits per heavy atom. The second-order valence-electron chi connectivity index (χ2n) is 8.70. The SMILES string of the molecule is N#Cc1ccc(N2CC3C4CC(C(S(=O)(=O)c5ccc(Cl)c([N+](=O)[O-])c5)N4)N3C2)cc1C(F)(F)F. The fourth-order valence-electron chi connectivity index (χ4n) is 5.25. The summed E-state index contributed by atoms with van der Waals surface area (Å²) in [6.07, 6.45) is -4.16. The molecule has 5 rings (SSSR count). The largest absolute Gasteiger partial charge is 0.417 e. The van der Waals surface area contributed by atoms with Crippen LogP contribution in [0.5, 0.6) is 0 Å². The Labute approximate surface area is 202 Å². The Morgan fingerprint density at radius 3 is 2.60 bits per heavy atom. The molecule has 4 unspecified atom stereocenters. The number of fused-ring (bicyclic) bond motifs is 5. The minimum atomic E-state index is -4.68. The van der Waals surface area contributed by atoms with Gasteiger partial charge in [-0.3, -0.25) is 20.3 Å². The first-order chi connectivity index (χ1) is 16.4. The Balaban J connectivity index is 1.41. The molecule has 14 heteroatoms. The van der Waals surface area contributed by atoms with Gasteiger partial charge in [-0.15, -0.1) is 0 Å². The van der Waals surface area contributed by atoms with Crippen molar-refractivity contribution in [1.82, 2.24) is 10.2 Å². The van der Waals surface area contributed by atoms with Crippen molar-refractivity contribution in [3.8, 4) is 6.07 Å². The highest BCUT2D eigenvalue weighted by Crippen LogP contribution is 2.43. The number of nitriles is 1. The maximum Gasteiger partial charge on any atom is 0.417 e. The van der Waals surface area contributed by atoms with Crippen LogP contribution in [0.15, 0.2) is 41.3 Å². The second kappa shape index (κ2) is 8.06. The number of nitrogens with one attached hydrogen (secondary N) is 1. The maximum absolute atomic E-state index is 13.4. The van der Waals surface area contributed by atoms with Gasteiger partial charge in [-0.05, 0) is 36.8 Å². The van der Waals surface area contributed by atoms with E-state index in [0.717, 1.165) is 18.2 Å². The number of alkyl halides is 3. The molecule has 3 heterocycles. The second-order valence-corrected chi connectivity index (χ2v) is 11.2. The summed E-state index contributed by atoms with van der Waals surface area (Å²) in [7, 11) is -4.02. The van der Waals surface area contributed by atoms with E-state index in [0.29, 0.717) is 13.0 Å². The average molecular weight is 528 g/mol. The highest BCUT2D eigenvalue weighted by molar-refractivity contribution is 7.92. The summed E-state index contributed by atoms with van der Waals surface area (Å²) in [6, 6.07) is 7.63. The maximum atomic E-state index is 13.4. The van der Waals surface area contributed by atoms with Crippen molar-refractivity contribution in [1.29, 1.82) is 5.26 Å². The molecule has 0 aromatic heterocycles. The van der Waals surface area contributed by atoms with E-state index in [1.54, 1.807) is 11.0 Å². The molecule has 0 amide bonds. The van der Waals surface area contributed by atoms with E-state index in [1.807, 2.05) is 4.90 Å². The molecule has 3 aliphatic heterocycles. The first-order valence-corrected chi connectivity index (χ1v) is 12.4. The molecule has 0 aliphatic carbocycles. The zero-order chi connectivity index (χ0) is 25.3. The third-order valence-corrected chi connectivity index (χ3v) is 9.20. The van der Waals surface area contributed by atoms with Crippen molar-refractivity contribution in [3.05, 3.63) is 62.7 Å². The number of nitro benzene ring substituents is 1. The summed E-state index contributed by atoms with van der Waals surface area (Å²) in [5.41, 5.74) is -1.71. The summed E-state index contributed by atoms with van der Waals surface area (Å²) < 4.78 is 66.9. The van der Waals surface area contributed by atoms with Gasteiger partial charge in [-0.25, -0.2) is 8.42 Å². The fraction of sp³-hybridized carbons (Fsp3) is 0.381. The Hall–Kier alpha value is -2.92. The highest BCUT2D eigenvalue weighted by Gasteiger charge is 2.58. The van der Waals surface area contributed by atoms with Crippen LogP contribution in [0.25, 0.3) is 0 Å². The van der Waals surface area contributed by atoms with E-state index in [1.165, 1.54) is 18.2 Å². The summed E-state index contributed by atoms with van der Waals surface area (Å²) in [6.45, 7) is 0.597. The number of anilines is 1. The van der Waals surface area contributed by atoms with Crippen molar-refractivity contribution in [2.75, 3.05) is 18.1 Å². The van der Waals surface area contributed by atoms with Gasteiger partial charge in [-0.1, -0.05) is 11.6 Å². The molecule has 3 aliphatic rings. The lowest BCUT2D eigenvalue weighted by molar-refractivity contribution is -0.384. The Morgan fingerprint density at radius 1 is 1.20 bits per heavy atom. The predicted molar refractivity (Wildman–Crippen MR) is 118 cm³/mol. The third kappa shape index (κ3) is 3.81. The molecule has 184 valence electrons. The Bertz CT molecular complexity index is 1380. The first-order valence-electron chi connectivity index (χ1n) is 10.5. The summed E-state index contributed by atoms with van der Waals surface area (Å²) in [5, 5.41) is 22.1. The van der Waals surface area contributed by atoms with Crippen LogP contribution in [-0.4, -0.2) is 55.0 Å². The van der Waals surface area contributed by atoms with Gasteiger partial charge in [-0.2, -0.15) is 18.4 Å². The molecule has 3 fully saturated rings. The van der Waals surface area contributed by atoms with Crippen LogP contribution in [0.2, 0.25) is 5.02 Å². The number of rotatable bonds is 4. The van der Waals surface area contributed by atoms with Crippen LogP contribution in [0.1, 0.15) is 17.5 Å². The standard InChI is InChI=1S/C21H17ClF3N5O4S/c22-15-4-3-13(6-17(15)30(31)32)35(33,34)20-18-7-16(27-20)19-9-28(10-29(18)19)12-2-1-11(8-26)14(5-12)21(23,24)25/h1-6,16,18-20,27H,7,9-10H2. The van der Waals surface area contributed by atoms with Crippen molar-refractivity contribution in [2.45, 2.75) is 41.0 Å². The minimum absolute atomic E-state index is 0.115. The van der Waals surface area contributed by atoms with E-state index in [2.05, 4.69) is 5.32 Å². The molecule has 0 radical (unpaired) electrons. The number of hydrogen-bond donors (Lipinski definition) is 1. The molecule has 1 N–H and O–H groups in total. The van der Waals surface area contributed by atoms with E-state index < -0.39 is 49.2 Å². The van der Waals surface area contributed by atoms with Crippen LogP contribution in [0.4, 0.5) is 24.5 Å². The lowest BCUT2D eigenvalue weighted by atomic mass is 10.1. The molecule has 3 saturated heterocycles. The van der Waals surface area contributed by atoms with Gasteiger partial charge in [0.15, 0.2) is 9.84 Å².